The van der Waals surface area contributed by atoms with E-state index in [4.69, 9.17) is 11.5 Å². The first-order chi connectivity index (χ1) is 8.72. The number of hydrogen-bond donors (Lipinski definition) is 3. The fraction of sp³-hybridized carbons (Fsp3) is 0.0769. The highest BCUT2D eigenvalue weighted by molar-refractivity contribution is 6.07. The van der Waals surface area contributed by atoms with Crippen molar-refractivity contribution in [3.05, 3.63) is 42.7 Å². The van der Waals surface area contributed by atoms with Crippen molar-refractivity contribution in [3.63, 3.8) is 0 Å². The number of aromatic nitrogens is 3. The Morgan fingerprint density at radius 1 is 1.39 bits per heavy atom. The number of nitrogens with two attached hydrogens (primary N) is 2. The van der Waals surface area contributed by atoms with Crippen LogP contribution in [0.25, 0.3) is 21.9 Å². The number of hydrogen-bond acceptors (Lipinski definition) is 4. The normalized spacial score (nSPS) is 12.9. The van der Waals surface area contributed by atoms with Crippen molar-refractivity contribution < 1.29 is 0 Å². The van der Waals surface area contributed by atoms with Crippen molar-refractivity contribution in [1.29, 1.82) is 0 Å². The summed E-state index contributed by atoms with van der Waals surface area (Å²) in [7, 11) is 0. The molecule has 0 radical (unpaired) electrons. The summed E-state index contributed by atoms with van der Waals surface area (Å²) in [5.74, 6) is 0.420. The number of rotatable bonds is 2. The van der Waals surface area contributed by atoms with Crippen LogP contribution in [0.2, 0.25) is 0 Å². The molecule has 0 saturated carbocycles. The first-order valence-electron chi connectivity index (χ1n) is 5.61. The van der Waals surface area contributed by atoms with Gasteiger partial charge in [0.25, 0.3) is 0 Å². The van der Waals surface area contributed by atoms with Gasteiger partial charge < -0.3 is 16.5 Å². The average Bonchev–Trinajstić information content (AvgIpc) is 2.87. The Labute approximate surface area is 104 Å². The second-order valence-electron chi connectivity index (χ2n) is 4.13. The molecule has 0 aliphatic heterocycles. The molecule has 5 heteroatoms. The molecule has 1 unspecified atom stereocenters. The minimum absolute atomic E-state index is 0.245. The molecule has 5 N–H and O–H groups in total. The molecule has 0 aliphatic rings. The second-order valence-corrected chi connectivity index (χ2v) is 4.13. The number of aromatic amines is 1. The third-order valence-electron chi connectivity index (χ3n) is 3.06. The van der Waals surface area contributed by atoms with Gasteiger partial charge in [0, 0.05) is 11.4 Å². The highest BCUT2D eigenvalue weighted by atomic mass is 14.9. The van der Waals surface area contributed by atoms with Gasteiger partial charge in [-0.05, 0) is 11.6 Å². The van der Waals surface area contributed by atoms with Gasteiger partial charge >= 0.3 is 0 Å². The van der Waals surface area contributed by atoms with E-state index in [1.807, 2.05) is 18.2 Å². The zero-order valence-electron chi connectivity index (χ0n) is 9.72. The van der Waals surface area contributed by atoms with E-state index in [-0.39, 0.29) is 6.04 Å². The van der Waals surface area contributed by atoms with Gasteiger partial charge in [0.2, 0.25) is 0 Å². The first-order valence-corrected chi connectivity index (χ1v) is 5.61. The first kappa shape index (κ1) is 10.7. The average molecular weight is 239 g/mol. The maximum atomic E-state index is 6.05. The van der Waals surface area contributed by atoms with Gasteiger partial charge in [0.15, 0.2) is 5.82 Å². The predicted molar refractivity (Wildman–Crippen MR) is 72.9 cm³/mol. The van der Waals surface area contributed by atoms with Gasteiger partial charge in [-0.25, -0.2) is 9.97 Å². The molecule has 2 heterocycles. The second kappa shape index (κ2) is 3.82. The Morgan fingerprint density at radius 2 is 2.22 bits per heavy atom. The predicted octanol–water partition coefficient (Wildman–Crippen LogP) is 1.88. The molecule has 1 aromatic carbocycles. The van der Waals surface area contributed by atoms with Crippen molar-refractivity contribution in [2.45, 2.75) is 6.04 Å². The van der Waals surface area contributed by atoms with Crippen molar-refractivity contribution in [1.82, 2.24) is 15.0 Å². The van der Waals surface area contributed by atoms with Crippen molar-refractivity contribution in [3.8, 4) is 0 Å². The number of fused-ring (bicyclic) bond motifs is 3. The Balaban J connectivity index is 2.52. The molecule has 3 aromatic rings. The summed E-state index contributed by atoms with van der Waals surface area (Å²) in [4.78, 5) is 11.6. The standard InChI is InChI=1S/C13H13N5/c1-2-8(14)7-4-3-5-9-10(7)11-12(13(15)18-9)17-6-16-11/h2-6,8H,1,14H2,(H2,15,18)(H,16,17). The van der Waals surface area contributed by atoms with Gasteiger partial charge in [-0.3, -0.25) is 0 Å². The van der Waals surface area contributed by atoms with E-state index in [2.05, 4.69) is 21.5 Å². The molecule has 0 spiro atoms. The topological polar surface area (TPSA) is 93.6 Å². The number of nitrogens with one attached hydrogen (secondary N) is 1. The largest absolute Gasteiger partial charge is 0.382 e. The number of H-pyrrole nitrogens is 1. The molecule has 0 saturated heterocycles. The lowest BCUT2D eigenvalue weighted by Crippen LogP contribution is -2.07. The summed E-state index contributed by atoms with van der Waals surface area (Å²) < 4.78 is 0. The zero-order chi connectivity index (χ0) is 12.7. The number of benzene rings is 1. The lowest BCUT2D eigenvalue weighted by Gasteiger charge is -2.11. The molecule has 5 nitrogen and oxygen atoms in total. The van der Waals surface area contributed by atoms with E-state index >= 15 is 0 Å². The number of anilines is 1. The van der Waals surface area contributed by atoms with Gasteiger partial charge in [-0.2, -0.15) is 0 Å². The van der Waals surface area contributed by atoms with E-state index in [0.29, 0.717) is 11.3 Å². The number of pyridine rings is 1. The van der Waals surface area contributed by atoms with Crippen LogP contribution in [-0.2, 0) is 0 Å². The van der Waals surface area contributed by atoms with Gasteiger partial charge in [0.1, 0.15) is 5.52 Å². The summed E-state index contributed by atoms with van der Waals surface area (Å²) >= 11 is 0. The maximum absolute atomic E-state index is 6.05. The smallest absolute Gasteiger partial charge is 0.152 e. The fourth-order valence-electron chi connectivity index (χ4n) is 2.19. The van der Waals surface area contributed by atoms with Crippen LogP contribution in [-0.4, -0.2) is 15.0 Å². The van der Waals surface area contributed by atoms with E-state index in [9.17, 15) is 0 Å². The van der Waals surface area contributed by atoms with Crippen LogP contribution in [0.3, 0.4) is 0 Å². The molecular formula is C13H13N5. The Hall–Kier alpha value is -2.40. The third kappa shape index (κ3) is 1.38. The number of nitrogen functional groups attached to an aromatic ring is 1. The molecule has 0 aliphatic carbocycles. The summed E-state index contributed by atoms with van der Waals surface area (Å²) in [6, 6.07) is 5.54. The van der Waals surface area contributed by atoms with Crippen molar-refractivity contribution in [2.75, 3.05) is 5.73 Å². The van der Waals surface area contributed by atoms with Crippen LogP contribution in [0.15, 0.2) is 37.2 Å². The number of imidazole rings is 1. The quantitative estimate of drug-likeness (QED) is 0.595. The molecule has 0 bridgehead atoms. The van der Waals surface area contributed by atoms with E-state index < -0.39 is 0 Å². The molecule has 1 atom stereocenters. The molecule has 0 fully saturated rings. The number of nitrogens with zero attached hydrogens (tertiary/aromatic N) is 2. The van der Waals surface area contributed by atoms with Gasteiger partial charge in [-0.15, -0.1) is 6.58 Å². The highest BCUT2D eigenvalue weighted by Crippen LogP contribution is 2.30. The van der Waals surface area contributed by atoms with Crippen LogP contribution in [0.1, 0.15) is 11.6 Å². The van der Waals surface area contributed by atoms with Crippen molar-refractivity contribution >= 4 is 27.8 Å². The van der Waals surface area contributed by atoms with Gasteiger partial charge in [-0.1, -0.05) is 18.2 Å². The van der Waals surface area contributed by atoms with E-state index in [1.54, 1.807) is 12.4 Å². The lowest BCUT2D eigenvalue weighted by atomic mass is 10.0. The molecule has 18 heavy (non-hydrogen) atoms. The lowest BCUT2D eigenvalue weighted by molar-refractivity contribution is 0.925. The minimum Gasteiger partial charge on any atom is -0.382 e. The minimum atomic E-state index is -0.245. The highest BCUT2D eigenvalue weighted by Gasteiger charge is 2.14. The molecular weight excluding hydrogens is 226 g/mol. The van der Waals surface area contributed by atoms with Crippen molar-refractivity contribution in [2.24, 2.45) is 5.73 Å². The molecule has 90 valence electrons. The van der Waals surface area contributed by atoms with Crippen LogP contribution in [0.5, 0.6) is 0 Å². The van der Waals surface area contributed by atoms with Crippen LogP contribution < -0.4 is 11.5 Å². The SMILES string of the molecule is C=CC(N)c1cccc2nc(N)c3nc[nH]c3c12. The van der Waals surface area contributed by atoms with Crippen LogP contribution in [0, 0.1) is 0 Å². The van der Waals surface area contributed by atoms with Crippen LogP contribution in [0.4, 0.5) is 5.82 Å². The summed E-state index contributed by atoms with van der Waals surface area (Å²) in [5, 5.41) is 0.951. The zero-order valence-corrected chi connectivity index (χ0v) is 9.72. The van der Waals surface area contributed by atoms with Crippen LogP contribution >= 0.6 is 0 Å². The Bertz CT molecular complexity index is 744. The van der Waals surface area contributed by atoms with E-state index in [1.165, 1.54) is 0 Å². The fourth-order valence-corrected chi connectivity index (χ4v) is 2.19. The molecule has 0 amide bonds. The Morgan fingerprint density at radius 3 is 3.00 bits per heavy atom. The Kier molecular flexibility index (Phi) is 2.28. The third-order valence-corrected chi connectivity index (χ3v) is 3.06. The summed E-state index contributed by atoms with van der Waals surface area (Å²) in [5.41, 5.74) is 15.2. The maximum Gasteiger partial charge on any atom is 0.152 e. The monoisotopic (exact) mass is 239 g/mol. The molecule has 2 aromatic heterocycles. The summed E-state index contributed by atoms with van der Waals surface area (Å²) in [6.07, 6.45) is 3.31. The summed E-state index contributed by atoms with van der Waals surface area (Å²) in [6.45, 7) is 3.73. The van der Waals surface area contributed by atoms with E-state index in [0.717, 1.165) is 22.0 Å². The van der Waals surface area contributed by atoms with Gasteiger partial charge in [0.05, 0.1) is 17.4 Å². The molecule has 3 rings (SSSR count).